The molecule has 0 saturated carbocycles. The van der Waals surface area contributed by atoms with E-state index in [-0.39, 0.29) is 23.1 Å². The fourth-order valence-electron chi connectivity index (χ4n) is 3.04. The smallest absolute Gasteiger partial charge is 0.340 e. The summed E-state index contributed by atoms with van der Waals surface area (Å²) in [6, 6.07) is 6.32. The van der Waals surface area contributed by atoms with Crippen molar-refractivity contribution in [3.8, 4) is 0 Å². The maximum Gasteiger partial charge on any atom is 0.416 e. The number of carbonyl (C=O) groups is 1. The average molecular weight is 378 g/mol. The highest BCUT2D eigenvalue weighted by molar-refractivity contribution is 5.93. The molecule has 0 unspecified atom stereocenters. The first kappa shape index (κ1) is 19.1. The van der Waals surface area contributed by atoms with Crippen LogP contribution in [0, 0.1) is 12.8 Å². The molecule has 0 atom stereocenters. The van der Waals surface area contributed by atoms with E-state index in [9.17, 15) is 18.0 Å². The van der Waals surface area contributed by atoms with Crippen molar-refractivity contribution in [3.05, 3.63) is 47.4 Å². The van der Waals surface area contributed by atoms with Crippen molar-refractivity contribution in [3.63, 3.8) is 0 Å². The second-order valence-corrected chi connectivity index (χ2v) is 6.86. The summed E-state index contributed by atoms with van der Waals surface area (Å²) in [4.78, 5) is 22.9. The highest BCUT2D eigenvalue weighted by atomic mass is 19.4. The number of piperidine rings is 1. The van der Waals surface area contributed by atoms with Crippen LogP contribution in [-0.2, 0) is 6.18 Å². The minimum atomic E-state index is -4.42. The molecule has 3 rings (SSSR count). The lowest BCUT2D eigenvalue weighted by molar-refractivity contribution is -0.137. The number of hydrogen-bond acceptors (Lipinski definition) is 4. The fraction of sp³-hybridized carbons (Fsp3) is 0.421. The summed E-state index contributed by atoms with van der Waals surface area (Å²) in [5, 5.41) is 2.84. The topological polar surface area (TPSA) is 58.1 Å². The third-order valence-corrected chi connectivity index (χ3v) is 4.59. The Balaban J connectivity index is 1.81. The summed E-state index contributed by atoms with van der Waals surface area (Å²) in [6.07, 6.45) is -2.53. The van der Waals surface area contributed by atoms with Gasteiger partial charge in [-0.25, -0.2) is 9.97 Å². The lowest BCUT2D eigenvalue weighted by atomic mass is 9.99. The van der Waals surface area contributed by atoms with Crippen molar-refractivity contribution in [2.45, 2.75) is 32.9 Å². The van der Waals surface area contributed by atoms with Crippen LogP contribution in [0.1, 0.15) is 41.6 Å². The molecule has 1 aromatic carbocycles. The molecule has 1 aromatic heterocycles. The molecule has 1 aliphatic rings. The number of amides is 1. The predicted molar refractivity (Wildman–Crippen MR) is 95.8 cm³/mol. The van der Waals surface area contributed by atoms with Gasteiger partial charge in [-0.1, -0.05) is 13.0 Å². The highest BCUT2D eigenvalue weighted by Gasteiger charge is 2.30. The molecule has 27 heavy (non-hydrogen) atoms. The molecule has 2 heterocycles. The molecule has 0 bridgehead atoms. The molecule has 1 fully saturated rings. The predicted octanol–water partition coefficient (Wildman–Crippen LogP) is 4.42. The van der Waals surface area contributed by atoms with E-state index in [1.165, 1.54) is 18.2 Å². The zero-order valence-corrected chi connectivity index (χ0v) is 15.2. The molecule has 144 valence electrons. The standard InChI is InChI=1S/C19H21F3N4O/c1-12-6-8-26(9-7-12)18(27)16-11-17(24-13(2)23-16)25-15-5-3-4-14(10-15)19(20,21)22/h3-5,10-12H,6-9H2,1-2H3,(H,23,24,25). The Morgan fingerprint density at radius 1 is 1.19 bits per heavy atom. The number of rotatable bonds is 3. The summed E-state index contributed by atoms with van der Waals surface area (Å²) in [5.41, 5.74) is -0.267. The lowest BCUT2D eigenvalue weighted by Crippen LogP contribution is -2.38. The van der Waals surface area contributed by atoms with Crippen LogP contribution >= 0.6 is 0 Å². The SMILES string of the molecule is Cc1nc(Nc2cccc(C(F)(F)F)c2)cc(C(=O)N2CCC(C)CC2)n1. The first-order valence-electron chi connectivity index (χ1n) is 8.81. The Morgan fingerprint density at radius 2 is 1.89 bits per heavy atom. The summed E-state index contributed by atoms with van der Waals surface area (Å²) >= 11 is 0. The van der Waals surface area contributed by atoms with Gasteiger partial charge in [0.2, 0.25) is 0 Å². The van der Waals surface area contributed by atoms with Gasteiger partial charge < -0.3 is 10.2 Å². The van der Waals surface area contributed by atoms with Crippen molar-refractivity contribution in [1.82, 2.24) is 14.9 Å². The summed E-state index contributed by atoms with van der Waals surface area (Å²) in [6.45, 7) is 5.17. The Hall–Kier alpha value is -2.64. The number of nitrogens with one attached hydrogen (secondary N) is 1. The van der Waals surface area contributed by atoms with E-state index >= 15 is 0 Å². The van der Waals surface area contributed by atoms with E-state index in [2.05, 4.69) is 22.2 Å². The Kier molecular flexibility index (Phi) is 5.34. The molecule has 1 aliphatic heterocycles. The highest BCUT2D eigenvalue weighted by Crippen LogP contribution is 2.31. The normalized spacial score (nSPS) is 15.7. The molecule has 0 spiro atoms. The van der Waals surface area contributed by atoms with Crippen molar-refractivity contribution in [1.29, 1.82) is 0 Å². The minimum absolute atomic E-state index is 0.181. The number of halogens is 3. The summed E-state index contributed by atoms with van der Waals surface area (Å²) in [5.74, 6) is 1.08. The maximum atomic E-state index is 12.9. The van der Waals surface area contributed by atoms with Crippen molar-refractivity contribution >= 4 is 17.4 Å². The van der Waals surface area contributed by atoms with Crippen molar-refractivity contribution in [2.75, 3.05) is 18.4 Å². The van der Waals surface area contributed by atoms with Crippen LogP contribution in [0.25, 0.3) is 0 Å². The number of aromatic nitrogens is 2. The average Bonchev–Trinajstić information content (AvgIpc) is 2.61. The molecular weight excluding hydrogens is 357 g/mol. The molecular formula is C19H21F3N4O. The van der Waals surface area contributed by atoms with Crippen LogP contribution in [-0.4, -0.2) is 33.9 Å². The van der Waals surface area contributed by atoms with Gasteiger partial charge in [-0.2, -0.15) is 13.2 Å². The third-order valence-electron chi connectivity index (χ3n) is 4.59. The van der Waals surface area contributed by atoms with Crippen LogP contribution in [0.3, 0.4) is 0 Å². The van der Waals surface area contributed by atoms with Crippen LogP contribution in [0.2, 0.25) is 0 Å². The largest absolute Gasteiger partial charge is 0.416 e. The zero-order valence-electron chi connectivity index (χ0n) is 15.2. The van der Waals surface area contributed by atoms with Gasteiger partial charge in [-0.3, -0.25) is 4.79 Å². The Bertz CT molecular complexity index is 830. The number of carbonyl (C=O) groups excluding carboxylic acids is 1. The number of benzene rings is 1. The maximum absolute atomic E-state index is 12.9. The van der Waals surface area contributed by atoms with E-state index in [1.807, 2.05) is 0 Å². The van der Waals surface area contributed by atoms with Crippen molar-refractivity contribution in [2.24, 2.45) is 5.92 Å². The molecule has 8 heteroatoms. The molecule has 1 N–H and O–H groups in total. The summed E-state index contributed by atoms with van der Waals surface area (Å²) in [7, 11) is 0. The first-order valence-corrected chi connectivity index (χ1v) is 8.81. The Morgan fingerprint density at radius 3 is 2.56 bits per heavy atom. The van der Waals surface area contributed by atoms with Gasteiger partial charge in [0.05, 0.1) is 5.56 Å². The van der Waals surface area contributed by atoms with E-state index in [0.717, 1.165) is 25.0 Å². The van der Waals surface area contributed by atoms with E-state index in [1.54, 1.807) is 11.8 Å². The molecule has 2 aromatic rings. The second-order valence-electron chi connectivity index (χ2n) is 6.86. The quantitative estimate of drug-likeness (QED) is 0.859. The zero-order chi connectivity index (χ0) is 19.6. The van der Waals surface area contributed by atoms with E-state index in [4.69, 9.17) is 0 Å². The number of hydrogen-bond donors (Lipinski definition) is 1. The molecule has 1 amide bonds. The number of likely N-dealkylation sites (tertiary alicyclic amines) is 1. The summed E-state index contributed by atoms with van der Waals surface area (Å²) < 4.78 is 38.6. The van der Waals surface area contributed by atoms with Gasteiger partial charge in [0.15, 0.2) is 0 Å². The van der Waals surface area contributed by atoms with Gasteiger partial charge in [-0.05, 0) is 43.9 Å². The Labute approximate surface area is 155 Å². The first-order chi connectivity index (χ1) is 12.7. The number of nitrogens with zero attached hydrogens (tertiary/aromatic N) is 3. The van der Waals surface area contributed by atoms with Gasteiger partial charge in [0, 0.05) is 24.8 Å². The molecule has 1 saturated heterocycles. The van der Waals surface area contributed by atoms with Crippen LogP contribution in [0.4, 0.5) is 24.7 Å². The van der Waals surface area contributed by atoms with Crippen molar-refractivity contribution < 1.29 is 18.0 Å². The van der Waals surface area contributed by atoms with Gasteiger partial charge in [0.1, 0.15) is 17.3 Å². The lowest BCUT2D eigenvalue weighted by Gasteiger charge is -2.30. The van der Waals surface area contributed by atoms with Crippen LogP contribution in [0.15, 0.2) is 30.3 Å². The number of anilines is 2. The number of aryl methyl sites for hydroxylation is 1. The molecule has 5 nitrogen and oxygen atoms in total. The molecule has 0 aliphatic carbocycles. The molecule has 0 radical (unpaired) electrons. The van der Waals surface area contributed by atoms with E-state index in [0.29, 0.717) is 24.8 Å². The van der Waals surface area contributed by atoms with Gasteiger partial charge in [-0.15, -0.1) is 0 Å². The second kappa shape index (κ2) is 7.54. The van der Waals surface area contributed by atoms with E-state index < -0.39 is 11.7 Å². The van der Waals surface area contributed by atoms with Crippen LogP contribution < -0.4 is 5.32 Å². The minimum Gasteiger partial charge on any atom is -0.340 e. The van der Waals surface area contributed by atoms with Crippen LogP contribution in [0.5, 0.6) is 0 Å². The third kappa shape index (κ3) is 4.75. The van der Waals surface area contributed by atoms with Gasteiger partial charge >= 0.3 is 6.18 Å². The monoisotopic (exact) mass is 378 g/mol. The fourth-order valence-corrected chi connectivity index (χ4v) is 3.04. The van der Waals surface area contributed by atoms with Gasteiger partial charge in [0.25, 0.3) is 5.91 Å². The number of alkyl halides is 3.